The van der Waals surface area contributed by atoms with Gasteiger partial charge in [-0.15, -0.1) is 0 Å². The van der Waals surface area contributed by atoms with E-state index < -0.39 is 0 Å². The van der Waals surface area contributed by atoms with E-state index in [1.165, 1.54) is 19.3 Å². The molecule has 0 aliphatic heterocycles. The predicted octanol–water partition coefficient (Wildman–Crippen LogP) is 1.92. The van der Waals surface area contributed by atoms with E-state index in [4.69, 9.17) is 5.26 Å². The van der Waals surface area contributed by atoms with Gasteiger partial charge in [-0.05, 0) is 32.2 Å². The van der Waals surface area contributed by atoms with E-state index in [1.807, 2.05) is 7.05 Å². The normalized spacial score (nSPS) is 22.4. The Kier molecular flexibility index (Phi) is 3.55. The lowest BCUT2D eigenvalue weighted by Gasteiger charge is -2.35. The molecule has 1 aliphatic rings. The average Bonchev–Trinajstić information content (AvgIpc) is 2.01. The number of hydrogen-bond acceptors (Lipinski definition) is 2. The highest BCUT2D eigenvalue weighted by molar-refractivity contribution is 4.96. The van der Waals surface area contributed by atoms with Gasteiger partial charge in [-0.25, -0.2) is 0 Å². The van der Waals surface area contributed by atoms with Crippen molar-refractivity contribution in [2.75, 3.05) is 7.05 Å². The molecule has 0 aromatic heterocycles. The summed E-state index contributed by atoms with van der Waals surface area (Å²) in [6.07, 6.45) is 4.94. The Balaban J connectivity index is 2.47. The predicted molar refractivity (Wildman–Crippen MR) is 49.6 cm³/mol. The van der Waals surface area contributed by atoms with Crippen molar-refractivity contribution in [3.05, 3.63) is 0 Å². The SMILES string of the molecule is CCC(C#N)C(NC)C1CCC1. The molecule has 0 bridgehead atoms. The second-order valence-corrected chi connectivity index (χ2v) is 3.65. The Bertz CT molecular complexity index is 167. The first-order chi connectivity index (χ1) is 5.83. The zero-order valence-corrected chi connectivity index (χ0v) is 8.01. The molecular formula is C10H18N2. The second kappa shape index (κ2) is 4.47. The summed E-state index contributed by atoms with van der Waals surface area (Å²) < 4.78 is 0. The van der Waals surface area contributed by atoms with E-state index >= 15 is 0 Å². The van der Waals surface area contributed by atoms with Gasteiger partial charge in [0.1, 0.15) is 0 Å². The average molecular weight is 166 g/mol. The van der Waals surface area contributed by atoms with Gasteiger partial charge in [0.05, 0.1) is 12.0 Å². The van der Waals surface area contributed by atoms with Crippen molar-refractivity contribution >= 4 is 0 Å². The van der Waals surface area contributed by atoms with Gasteiger partial charge in [0.25, 0.3) is 0 Å². The zero-order valence-electron chi connectivity index (χ0n) is 8.01. The molecule has 2 nitrogen and oxygen atoms in total. The first-order valence-electron chi connectivity index (χ1n) is 4.90. The van der Waals surface area contributed by atoms with E-state index in [1.54, 1.807) is 0 Å². The molecule has 2 atom stereocenters. The molecular weight excluding hydrogens is 148 g/mol. The van der Waals surface area contributed by atoms with Crippen LogP contribution in [0.15, 0.2) is 0 Å². The minimum atomic E-state index is 0.209. The molecule has 0 spiro atoms. The van der Waals surface area contributed by atoms with Crippen molar-refractivity contribution in [1.29, 1.82) is 5.26 Å². The van der Waals surface area contributed by atoms with Crippen LogP contribution in [0.5, 0.6) is 0 Å². The van der Waals surface area contributed by atoms with Crippen LogP contribution < -0.4 is 5.32 Å². The van der Waals surface area contributed by atoms with Crippen molar-refractivity contribution in [2.45, 2.75) is 38.6 Å². The van der Waals surface area contributed by atoms with Crippen molar-refractivity contribution in [3.63, 3.8) is 0 Å². The highest BCUT2D eigenvalue weighted by atomic mass is 14.9. The van der Waals surface area contributed by atoms with Gasteiger partial charge in [0, 0.05) is 6.04 Å². The fourth-order valence-corrected chi connectivity index (χ4v) is 1.99. The van der Waals surface area contributed by atoms with Crippen LogP contribution in [0.2, 0.25) is 0 Å². The van der Waals surface area contributed by atoms with Crippen molar-refractivity contribution in [2.24, 2.45) is 11.8 Å². The van der Waals surface area contributed by atoms with Gasteiger partial charge in [0.2, 0.25) is 0 Å². The molecule has 0 saturated heterocycles. The lowest BCUT2D eigenvalue weighted by Crippen LogP contribution is -2.42. The third-order valence-corrected chi connectivity index (χ3v) is 3.03. The monoisotopic (exact) mass is 166 g/mol. The Hall–Kier alpha value is -0.550. The van der Waals surface area contributed by atoms with Crippen LogP contribution in [-0.4, -0.2) is 13.1 Å². The third kappa shape index (κ3) is 1.78. The molecule has 1 N–H and O–H groups in total. The number of nitrogens with zero attached hydrogens (tertiary/aromatic N) is 1. The third-order valence-electron chi connectivity index (χ3n) is 3.03. The summed E-state index contributed by atoms with van der Waals surface area (Å²) in [6.45, 7) is 2.09. The van der Waals surface area contributed by atoms with Crippen LogP contribution in [0.4, 0.5) is 0 Å². The van der Waals surface area contributed by atoms with E-state index in [9.17, 15) is 0 Å². The summed E-state index contributed by atoms with van der Waals surface area (Å²) in [5.41, 5.74) is 0. The fourth-order valence-electron chi connectivity index (χ4n) is 1.99. The summed E-state index contributed by atoms with van der Waals surface area (Å²) in [7, 11) is 1.98. The quantitative estimate of drug-likeness (QED) is 0.692. The Morgan fingerprint density at radius 1 is 1.58 bits per heavy atom. The maximum atomic E-state index is 8.91. The summed E-state index contributed by atoms with van der Waals surface area (Å²) in [5, 5.41) is 12.2. The minimum Gasteiger partial charge on any atom is -0.315 e. The number of nitrogens with one attached hydrogen (secondary N) is 1. The molecule has 1 saturated carbocycles. The van der Waals surface area contributed by atoms with Gasteiger partial charge in [-0.2, -0.15) is 5.26 Å². The van der Waals surface area contributed by atoms with Crippen LogP contribution in [0.1, 0.15) is 32.6 Å². The molecule has 0 aromatic rings. The molecule has 1 fully saturated rings. The lowest BCUT2D eigenvalue weighted by molar-refractivity contribution is 0.201. The Morgan fingerprint density at radius 3 is 2.50 bits per heavy atom. The maximum absolute atomic E-state index is 8.91. The fraction of sp³-hybridized carbons (Fsp3) is 0.900. The highest BCUT2D eigenvalue weighted by Gasteiger charge is 2.31. The molecule has 2 unspecified atom stereocenters. The van der Waals surface area contributed by atoms with Gasteiger partial charge in [-0.1, -0.05) is 13.3 Å². The largest absolute Gasteiger partial charge is 0.315 e. The van der Waals surface area contributed by atoms with Gasteiger partial charge >= 0.3 is 0 Å². The van der Waals surface area contributed by atoms with Crippen molar-refractivity contribution < 1.29 is 0 Å². The molecule has 0 radical (unpaired) electrons. The zero-order chi connectivity index (χ0) is 8.97. The van der Waals surface area contributed by atoms with E-state index in [0.29, 0.717) is 6.04 Å². The number of nitriles is 1. The molecule has 1 rings (SSSR count). The van der Waals surface area contributed by atoms with Gasteiger partial charge in [-0.3, -0.25) is 0 Å². The molecule has 68 valence electrons. The minimum absolute atomic E-state index is 0.209. The Morgan fingerprint density at radius 2 is 2.25 bits per heavy atom. The number of hydrogen-bond donors (Lipinski definition) is 1. The maximum Gasteiger partial charge on any atom is 0.0672 e. The standard InChI is InChI=1S/C10H18N2/c1-3-8(7-11)10(12-2)9-5-4-6-9/h8-10,12H,3-6H2,1-2H3. The summed E-state index contributed by atoms with van der Waals surface area (Å²) in [4.78, 5) is 0. The van der Waals surface area contributed by atoms with Crippen molar-refractivity contribution in [1.82, 2.24) is 5.32 Å². The van der Waals surface area contributed by atoms with E-state index in [2.05, 4.69) is 18.3 Å². The van der Waals surface area contributed by atoms with Gasteiger partial charge in [0.15, 0.2) is 0 Å². The smallest absolute Gasteiger partial charge is 0.0672 e. The molecule has 0 amide bonds. The number of rotatable bonds is 4. The van der Waals surface area contributed by atoms with E-state index in [-0.39, 0.29) is 5.92 Å². The molecule has 1 aliphatic carbocycles. The van der Waals surface area contributed by atoms with Crippen molar-refractivity contribution in [3.8, 4) is 6.07 Å². The van der Waals surface area contributed by atoms with Gasteiger partial charge < -0.3 is 5.32 Å². The molecule has 0 aromatic carbocycles. The molecule has 0 heterocycles. The van der Waals surface area contributed by atoms with Crippen LogP contribution in [0.3, 0.4) is 0 Å². The van der Waals surface area contributed by atoms with Crippen LogP contribution in [-0.2, 0) is 0 Å². The molecule has 12 heavy (non-hydrogen) atoms. The summed E-state index contributed by atoms with van der Waals surface area (Å²) in [5.74, 6) is 0.972. The summed E-state index contributed by atoms with van der Waals surface area (Å²) in [6, 6.07) is 2.83. The van der Waals surface area contributed by atoms with Crippen LogP contribution >= 0.6 is 0 Å². The highest BCUT2D eigenvalue weighted by Crippen LogP contribution is 2.33. The topological polar surface area (TPSA) is 35.8 Å². The van der Waals surface area contributed by atoms with Crippen LogP contribution in [0, 0.1) is 23.2 Å². The first-order valence-corrected chi connectivity index (χ1v) is 4.90. The Labute approximate surface area is 75.0 Å². The van der Waals surface area contributed by atoms with Crippen LogP contribution in [0.25, 0.3) is 0 Å². The molecule has 2 heteroatoms. The second-order valence-electron chi connectivity index (χ2n) is 3.65. The summed E-state index contributed by atoms with van der Waals surface area (Å²) >= 11 is 0. The lowest BCUT2D eigenvalue weighted by atomic mass is 9.74. The first kappa shape index (κ1) is 9.54. The van der Waals surface area contributed by atoms with E-state index in [0.717, 1.165) is 12.3 Å².